The number of hydrogen-bond acceptors (Lipinski definition) is 8. The Balaban J connectivity index is 1.99. The smallest absolute Gasteiger partial charge is 0.302 e. The molecule has 1 fully saturated rings. The Morgan fingerprint density at radius 3 is 2.75 bits per heavy atom. The lowest BCUT2D eigenvalue weighted by molar-refractivity contribution is -0.154. The minimum atomic E-state index is -1.15. The van der Waals surface area contributed by atoms with Crippen LogP contribution in [0.2, 0.25) is 0 Å². The van der Waals surface area contributed by atoms with Gasteiger partial charge in [0.15, 0.2) is 0 Å². The summed E-state index contributed by atoms with van der Waals surface area (Å²) in [5, 5.41) is 12.3. The van der Waals surface area contributed by atoms with E-state index < -0.39 is 30.5 Å². The Kier molecular flexibility index (Phi) is 5.79. The number of rotatable bonds is 5. The fourth-order valence-corrected chi connectivity index (χ4v) is 2.68. The van der Waals surface area contributed by atoms with Crippen LogP contribution in [0, 0.1) is 0 Å². The first kappa shape index (κ1) is 18.2. The third-order valence-electron chi connectivity index (χ3n) is 3.75. The van der Waals surface area contributed by atoms with Crippen LogP contribution in [-0.4, -0.2) is 65.7 Å². The zero-order valence-corrected chi connectivity index (χ0v) is 13.9. The van der Waals surface area contributed by atoms with Crippen molar-refractivity contribution in [2.75, 3.05) is 13.2 Å². The van der Waals surface area contributed by atoms with Gasteiger partial charge in [-0.15, -0.1) is 0 Å². The van der Waals surface area contributed by atoms with Gasteiger partial charge in [-0.25, -0.2) is 0 Å². The maximum absolute atomic E-state index is 11.5. The van der Waals surface area contributed by atoms with Gasteiger partial charge < -0.3 is 29.5 Å². The molecule has 2 aliphatic heterocycles. The van der Waals surface area contributed by atoms with E-state index in [1.165, 1.54) is 18.7 Å². The van der Waals surface area contributed by atoms with E-state index in [1.807, 2.05) is 0 Å². The fourth-order valence-electron chi connectivity index (χ4n) is 2.68. The van der Waals surface area contributed by atoms with Crippen LogP contribution in [0.5, 0.6) is 0 Å². The zero-order valence-electron chi connectivity index (χ0n) is 13.9. The van der Waals surface area contributed by atoms with E-state index in [0.29, 0.717) is 12.0 Å². The number of nitrogens with zero attached hydrogens (tertiary/aromatic N) is 1. The average Bonchev–Trinajstić information content (AvgIpc) is 2.83. The van der Waals surface area contributed by atoms with Crippen LogP contribution in [0.3, 0.4) is 0 Å². The largest absolute Gasteiger partial charge is 0.463 e. The summed E-state index contributed by atoms with van der Waals surface area (Å²) in [6.45, 7) is 4.49. The molecule has 2 unspecified atom stereocenters. The highest BCUT2D eigenvalue weighted by molar-refractivity contribution is 5.93. The molecule has 2 rings (SSSR count). The van der Waals surface area contributed by atoms with Gasteiger partial charge in [-0.05, 0) is 6.92 Å². The molecule has 0 aliphatic carbocycles. The summed E-state index contributed by atoms with van der Waals surface area (Å²) < 4.78 is 15.9. The van der Waals surface area contributed by atoms with Gasteiger partial charge in [-0.2, -0.15) is 0 Å². The minimum absolute atomic E-state index is 0.0159. The second-order valence-electron chi connectivity index (χ2n) is 5.84. The summed E-state index contributed by atoms with van der Waals surface area (Å²) >= 11 is 0. The summed E-state index contributed by atoms with van der Waals surface area (Å²) in [4.78, 5) is 35.2. The molecule has 2 heterocycles. The van der Waals surface area contributed by atoms with Crippen molar-refractivity contribution in [1.82, 2.24) is 10.2 Å². The van der Waals surface area contributed by atoms with Gasteiger partial charge in [0, 0.05) is 38.6 Å². The van der Waals surface area contributed by atoms with Gasteiger partial charge in [-0.1, -0.05) is 0 Å². The number of aliphatic hydroxyl groups is 1. The summed E-state index contributed by atoms with van der Waals surface area (Å²) in [7, 11) is 0. The van der Waals surface area contributed by atoms with Crippen molar-refractivity contribution < 1.29 is 33.7 Å². The SMILES string of the molecule is CC(=O)OC[C@H]1OC(CN2C=C(C)C(=O)NC2O)C[C@@H]1OC(C)=O. The lowest BCUT2D eigenvalue weighted by Crippen LogP contribution is -2.51. The molecule has 0 aromatic rings. The number of nitrogens with one attached hydrogen (secondary N) is 1. The highest BCUT2D eigenvalue weighted by Crippen LogP contribution is 2.25. The summed E-state index contributed by atoms with van der Waals surface area (Å²) in [5.74, 6) is -1.23. The summed E-state index contributed by atoms with van der Waals surface area (Å²) in [5.41, 5.74) is 0.464. The zero-order chi connectivity index (χ0) is 17.9. The number of ether oxygens (including phenoxy) is 3. The van der Waals surface area contributed by atoms with E-state index in [2.05, 4.69) is 5.32 Å². The molecule has 2 aliphatic rings. The van der Waals surface area contributed by atoms with Crippen molar-refractivity contribution in [3.63, 3.8) is 0 Å². The number of amides is 1. The Hall–Kier alpha value is -2.13. The second-order valence-corrected chi connectivity index (χ2v) is 5.84. The van der Waals surface area contributed by atoms with Crippen LogP contribution in [0.15, 0.2) is 11.8 Å². The van der Waals surface area contributed by atoms with Crippen LogP contribution in [0.4, 0.5) is 0 Å². The molecule has 1 saturated heterocycles. The quantitative estimate of drug-likeness (QED) is 0.627. The molecule has 2 N–H and O–H groups in total. The lowest BCUT2D eigenvalue weighted by Gasteiger charge is -2.33. The van der Waals surface area contributed by atoms with Crippen molar-refractivity contribution in [2.24, 2.45) is 0 Å². The van der Waals surface area contributed by atoms with Crippen LogP contribution < -0.4 is 5.32 Å². The maximum Gasteiger partial charge on any atom is 0.302 e. The van der Waals surface area contributed by atoms with Gasteiger partial charge >= 0.3 is 11.9 Å². The third kappa shape index (κ3) is 4.68. The molecule has 9 nitrogen and oxygen atoms in total. The topological polar surface area (TPSA) is 114 Å². The molecule has 0 bridgehead atoms. The summed E-state index contributed by atoms with van der Waals surface area (Å²) in [6.07, 6.45) is -0.659. The number of aliphatic hydroxyl groups excluding tert-OH is 1. The van der Waals surface area contributed by atoms with Crippen molar-refractivity contribution in [2.45, 2.75) is 51.9 Å². The van der Waals surface area contributed by atoms with Gasteiger partial charge in [0.2, 0.25) is 6.35 Å². The fraction of sp³-hybridized carbons (Fsp3) is 0.667. The van der Waals surface area contributed by atoms with Crippen molar-refractivity contribution in [3.05, 3.63) is 11.8 Å². The second kappa shape index (κ2) is 7.63. The lowest BCUT2D eigenvalue weighted by atomic mass is 10.1. The van der Waals surface area contributed by atoms with Gasteiger partial charge in [0.1, 0.15) is 18.8 Å². The number of carbonyl (C=O) groups excluding carboxylic acids is 3. The number of esters is 2. The van der Waals surface area contributed by atoms with E-state index in [-0.39, 0.29) is 25.2 Å². The van der Waals surface area contributed by atoms with E-state index in [4.69, 9.17) is 14.2 Å². The first-order valence-electron chi connectivity index (χ1n) is 7.65. The molecule has 0 saturated carbocycles. The molecular weight excluding hydrogens is 320 g/mol. The molecular formula is C15H22N2O7. The molecule has 24 heavy (non-hydrogen) atoms. The van der Waals surface area contributed by atoms with E-state index in [9.17, 15) is 19.5 Å². The average molecular weight is 342 g/mol. The first-order valence-corrected chi connectivity index (χ1v) is 7.65. The molecule has 0 radical (unpaired) electrons. The normalized spacial score (nSPS) is 29.8. The van der Waals surface area contributed by atoms with Gasteiger partial charge in [0.25, 0.3) is 5.91 Å². The Morgan fingerprint density at radius 1 is 1.42 bits per heavy atom. The number of carbonyl (C=O) groups is 3. The van der Waals surface area contributed by atoms with E-state index in [1.54, 1.807) is 13.1 Å². The van der Waals surface area contributed by atoms with Gasteiger partial charge in [-0.3, -0.25) is 14.4 Å². The molecule has 134 valence electrons. The highest BCUT2D eigenvalue weighted by Gasteiger charge is 2.39. The van der Waals surface area contributed by atoms with Crippen molar-refractivity contribution in [1.29, 1.82) is 0 Å². The summed E-state index contributed by atoms with van der Waals surface area (Å²) in [6, 6.07) is 0. The first-order chi connectivity index (χ1) is 11.3. The third-order valence-corrected chi connectivity index (χ3v) is 3.75. The van der Waals surface area contributed by atoms with Crippen molar-refractivity contribution in [3.8, 4) is 0 Å². The van der Waals surface area contributed by atoms with Crippen LogP contribution >= 0.6 is 0 Å². The van der Waals surface area contributed by atoms with Crippen LogP contribution in [0.25, 0.3) is 0 Å². The standard InChI is InChI=1S/C15H22N2O7/c1-8-5-17(15(21)16-14(8)20)6-11-4-12(23-10(3)19)13(24-11)7-22-9(2)18/h5,11-13,15,21H,4,6-7H2,1-3H3,(H,16,20)/t11?,12-,13+,15?/m0/s1. The molecule has 0 spiro atoms. The highest BCUT2D eigenvalue weighted by atomic mass is 16.6. The Bertz CT molecular complexity index is 548. The van der Waals surface area contributed by atoms with Crippen LogP contribution in [0.1, 0.15) is 27.2 Å². The van der Waals surface area contributed by atoms with Crippen molar-refractivity contribution >= 4 is 17.8 Å². The molecule has 9 heteroatoms. The predicted molar refractivity (Wildman–Crippen MR) is 80.1 cm³/mol. The van der Waals surface area contributed by atoms with Gasteiger partial charge in [0.05, 0.1) is 6.10 Å². The monoisotopic (exact) mass is 342 g/mol. The molecule has 0 aromatic carbocycles. The molecule has 0 aromatic heterocycles. The maximum atomic E-state index is 11.5. The predicted octanol–water partition coefficient (Wildman–Crippen LogP) is -0.750. The van der Waals surface area contributed by atoms with Crippen LogP contribution in [-0.2, 0) is 28.6 Å². The van der Waals surface area contributed by atoms with E-state index in [0.717, 1.165) is 0 Å². The molecule has 4 atom stereocenters. The Labute approximate surface area is 139 Å². The molecule has 1 amide bonds. The minimum Gasteiger partial charge on any atom is -0.463 e. The number of hydrogen-bond donors (Lipinski definition) is 2. The van der Waals surface area contributed by atoms with E-state index >= 15 is 0 Å². The Morgan fingerprint density at radius 2 is 2.12 bits per heavy atom.